The number of ether oxygens (including phenoxy) is 1. The summed E-state index contributed by atoms with van der Waals surface area (Å²) in [5.41, 5.74) is -0.767. The van der Waals surface area contributed by atoms with Crippen molar-refractivity contribution in [2.75, 3.05) is 39.7 Å². The molecule has 0 saturated carbocycles. The van der Waals surface area contributed by atoms with Gasteiger partial charge in [0, 0.05) is 43.9 Å². The molecule has 0 radical (unpaired) electrons. The van der Waals surface area contributed by atoms with Gasteiger partial charge in [-0.2, -0.15) is 0 Å². The maximum absolute atomic E-state index is 12.5. The third-order valence-corrected chi connectivity index (χ3v) is 6.89. The summed E-state index contributed by atoms with van der Waals surface area (Å²) < 4.78 is 31.5. The zero-order valence-corrected chi connectivity index (χ0v) is 22.2. The Hall–Kier alpha value is -2.38. The van der Waals surface area contributed by atoms with Crippen molar-refractivity contribution in [1.29, 1.82) is 0 Å². The number of esters is 1. The second-order valence-corrected chi connectivity index (χ2v) is 11.1. The molecular formula is C21H31N2O11PS. The predicted molar refractivity (Wildman–Crippen MR) is 128 cm³/mol. The van der Waals surface area contributed by atoms with Gasteiger partial charge in [0.25, 0.3) is 0 Å². The lowest BCUT2D eigenvalue weighted by atomic mass is 9.87. The zero-order chi connectivity index (χ0) is 27.4. The number of rotatable bonds is 14. The lowest BCUT2D eigenvalue weighted by Gasteiger charge is -2.39. The highest BCUT2D eigenvalue weighted by atomic mass is 32.2. The smallest absolute Gasteiger partial charge is 0.466 e. The molecule has 1 heterocycles. The first-order valence-electron chi connectivity index (χ1n) is 10.8. The summed E-state index contributed by atoms with van der Waals surface area (Å²) in [7, 11) is -1.52. The number of nitrogens with one attached hydrogen (secondary N) is 2. The van der Waals surface area contributed by atoms with Gasteiger partial charge in [0.05, 0.1) is 26.6 Å². The predicted octanol–water partition coefficient (Wildman–Crippen LogP) is 0.712. The maximum Gasteiger partial charge on any atom is 0.475 e. The van der Waals surface area contributed by atoms with E-state index in [2.05, 4.69) is 15.4 Å². The van der Waals surface area contributed by atoms with E-state index >= 15 is 0 Å². The number of Topliss-reactive ketones (excluding diaryl/α,β-unsaturated/α-hetero) is 1. The summed E-state index contributed by atoms with van der Waals surface area (Å²) >= 11 is 0.831. The monoisotopic (exact) mass is 550 g/mol. The molecule has 0 aromatic carbocycles. The van der Waals surface area contributed by atoms with Gasteiger partial charge in [-0.1, -0.05) is 25.6 Å². The van der Waals surface area contributed by atoms with Crippen LogP contribution in [0.5, 0.6) is 0 Å². The second kappa shape index (κ2) is 15.0. The molecule has 0 spiro atoms. The Bertz CT molecular complexity index is 935. The van der Waals surface area contributed by atoms with E-state index in [1.54, 1.807) is 13.8 Å². The van der Waals surface area contributed by atoms with Crippen molar-refractivity contribution >= 4 is 54.1 Å². The molecule has 1 aliphatic rings. The molecule has 1 saturated heterocycles. The standard InChI is InChI=1S/C21H31N2O11PS/c1-21(2)13-33-35(30,32-4)34-19(21)20(29)23-8-7-16(26)22-9-10-36-18(28)12-15(25)11-14(24)5-6-17(27)31-3/h5-6,19H,7-13H2,1-4H3,(H,22,26)(H,23,29)/b6-5+/t19-,35?/m0/s1. The normalized spacial score (nSPS) is 20.9. The van der Waals surface area contributed by atoms with Crippen LogP contribution in [0.15, 0.2) is 12.2 Å². The number of thioether (sulfide) groups is 1. The Labute approximate surface area is 213 Å². The van der Waals surface area contributed by atoms with E-state index in [1.165, 1.54) is 0 Å². The Morgan fingerprint density at radius 3 is 2.39 bits per heavy atom. The highest BCUT2D eigenvalue weighted by molar-refractivity contribution is 8.13. The molecule has 1 unspecified atom stereocenters. The van der Waals surface area contributed by atoms with E-state index in [-0.39, 0.29) is 37.8 Å². The number of amides is 2. The molecule has 1 aliphatic heterocycles. The van der Waals surface area contributed by atoms with E-state index in [0.717, 1.165) is 38.1 Å². The largest absolute Gasteiger partial charge is 0.475 e. The number of hydrogen-bond donors (Lipinski definition) is 2. The van der Waals surface area contributed by atoms with Crippen LogP contribution in [-0.2, 0) is 51.6 Å². The van der Waals surface area contributed by atoms with E-state index in [9.17, 15) is 33.3 Å². The van der Waals surface area contributed by atoms with Crippen molar-refractivity contribution in [2.24, 2.45) is 5.41 Å². The zero-order valence-electron chi connectivity index (χ0n) is 20.5. The highest BCUT2D eigenvalue weighted by Gasteiger charge is 2.48. The van der Waals surface area contributed by atoms with Crippen molar-refractivity contribution in [3.05, 3.63) is 12.2 Å². The van der Waals surface area contributed by atoms with Crippen LogP contribution in [0, 0.1) is 5.41 Å². The summed E-state index contributed by atoms with van der Waals surface area (Å²) in [6.45, 7) is 3.54. The van der Waals surface area contributed by atoms with E-state index < -0.39 is 60.7 Å². The molecule has 2 atom stereocenters. The fourth-order valence-corrected chi connectivity index (χ4v) is 4.79. The minimum absolute atomic E-state index is 0.00221. The first kappa shape index (κ1) is 31.6. The lowest BCUT2D eigenvalue weighted by molar-refractivity contribution is -0.141. The molecule has 36 heavy (non-hydrogen) atoms. The summed E-state index contributed by atoms with van der Waals surface area (Å²) in [5.74, 6) is -2.68. The minimum Gasteiger partial charge on any atom is -0.466 e. The van der Waals surface area contributed by atoms with Gasteiger partial charge in [0.15, 0.2) is 17.0 Å². The van der Waals surface area contributed by atoms with Crippen LogP contribution in [0.4, 0.5) is 0 Å². The molecule has 0 aromatic heterocycles. The molecule has 2 N–H and O–H groups in total. The van der Waals surface area contributed by atoms with Gasteiger partial charge >= 0.3 is 13.8 Å². The van der Waals surface area contributed by atoms with Gasteiger partial charge in [0.2, 0.25) is 11.8 Å². The summed E-state index contributed by atoms with van der Waals surface area (Å²) in [6.07, 6.45) is -0.307. The highest BCUT2D eigenvalue weighted by Crippen LogP contribution is 2.56. The van der Waals surface area contributed by atoms with Crippen molar-refractivity contribution in [3.8, 4) is 0 Å². The molecule has 1 fully saturated rings. The van der Waals surface area contributed by atoms with Crippen LogP contribution in [0.1, 0.15) is 33.1 Å². The van der Waals surface area contributed by atoms with Gasteiger partial charge < -0.3 is 15.4 Å². The molecule has 202 valence electrons. The number of phosphoric acid groups is 1. The van der Waals surface area contributed by atoms with E-state index in [1.807, 2.05) is 0 Å². The van der Waals surface area contributed by atoms with E-state index in [0.29, 0.717) is 0 Å². The molecular weight excluding hydrogens is 519 g/mol. The third kappa shape index (κ3) is 11.6. The van der Waals surface area contributed by atoms with Gasteiger partial charge in [0.1, 0.15) is 5.78 Å². The maximum atomic E-state index is 12.5. The number of allylic oxidation sites excluding steroid dienone is 1. The molecule has 1 rings (SSSR count). The fraction of sp³-hybridized carbons (Fsp3) is 0.619. The molecule has 15 heteroatoms. The molecule has 0 bridgehead atoms. The Morgan fingerprint density at radius 1 is 1.06 bits per heavy atom. The molecule has 0 aromatic rings. The molecule has 0 aliphatic carbocycles. The summed E-state index contributed by atoms with van der Waals surface area (Å²) in [5, 5.41) is 4.67. The van der Waals surface area contributed by atoms with E-state index in [4.69, 9.17) is 13.6 Å². The van der Waals surface area contributed by atoms with Gasteiger partial charge in [-0.15, -0.1) is 0 Å². The average molecular weight is 551 g/mol. The van der Waals surface area contributed by atoms with Crippen LogP contribution >= 0.6 is 19.6 Å². The lowest BCUT2D eigenvalue weighted by Crippen LogP contribution is -2.50. The number of phosphoric ester groups is 1. The molecule has 13 nitrogen and oxygen atoms in total. The van der Waals surface area contributed by atoms with Crippen LogP contribution in [0.25, 0.3) is 0 Å². The Balaban J connectivity index is 2.25. The first-order chi connectivity index (χ1) is 16.8. The number of carbonyl (C=O) groups is 6. The van der Waals surface area contributed by atoms with Crippen LogP contribution in [-0.4, -0.2) is 80.2 Å². The van der Waals surface area contributed by atoms with Crippen molar-refractivity contribution in [3.63, 3.8) is 0 Å². The number of ketones is 2. The van der Waals surface area contributed by atoms with Crippen molar-refractivity contribution in [2.45, 2.75) is 39.2 Å². The minimum atomic E-state index is -3.81. The fourth-order valence-electron chi connectivity index (χ4n) is 2.71. The third-order valence-electron chi connectivity index (χ3n) is 4.66. The number of carbonyl (C=O) groups excluding carboxylic acids is 6. The average Bonchev–Trinajstić information content (AvgIpc) is 2.81. The van der Waals surface area contributed by atoms with Crippen molar-refractivity contribution < 1.29 is 51.6 Å². The summed E-state index contributed by atoms with van der Waals surface area (Å²) in [6, 6.07) is 0. The van der Waals surface area contributed by atoms with Crippen LogP contribution in [0.2, 0.25) is 0 Å². The van der Waals surface area contributed by atoms with Crippen LogP contribution in [0.3, 0.4) is 0 Å². The Kier molecular flexibility index (Phi) is 13.2. The van der Waals surface area contributed by atoms with Crippen molar-refractivity contribution in [1.82, 2.24) is 10.6 Å². The SMILES string of the molecule is COC(=O)/C=C/C(=O)CC(=O)CC(=O)SCCNC(=O)CCNC(=O)[C@@H]1OP(=O)(OC)OCC1(C)C. The first-order valence-corrected chi connectivity index (χ1v) is 13.3. The second-order valence-electron chi connectivity index (χ2n) is 8.20. The number of methoxy groups -OCH3 is 1. The topological polar surface area (TPSA) is 180 Å². The quantitative estimate of drug-likeness (QED) is 0.102. The summed E-state index contributed by atoms with van der Waals surface area (Å²) in [4.78, 5) is 70.4. The van der Waals surface area contributed by atoms with Gasteiger partial charge in [-0.25, -0.2) is 9.36 Å². The Morgan fingerprint density at radius 2 is 1.75 bits per heavy atom. The molecule has 2 amide bonds. The van der Waals surface area contributed by atoms with Crippen LogP contribution < -0.4 is 10.6 Å². The van der Waals surface area contributed by atoms with Gasteiger partial charge in [-0.05, 0) is 6.08 Å². The number of hydrogen-bond acceptors (Lipinski definition) is 12. The van der Waals surface area contributed by atoms with Gasteiger partial charge in [-0.3, -0.25) is 37.5 Å².